The summed E-state index contributed by atoms with van der Waals surface area (Å²) in [4.78, 5) is 14.7. The molecular weight excluding hydrogens is 276 g/mol. The van der Waals surface area contributed by atoms with Gasteiger partial charge in [0.1, 0.15) is 5.78 Å². The number of ketones is 1. The van der Waals surface area contributed by atoms with Gasteiger partial charge in [-0.05, 0) is 37.6 Å². The normalized spacial score (nSPS) is 29.4. The maximum absolute atomic E-state index is 13.2. The monoisotopic (exact) mass is 295 g/mol. The Hall–Kier alpha value is -1.33. The minimum atomic E-state index is -0.894. The lowest BCUT2D eigenvalue weighted by Gasteiger charge is -2.46. The van der Waals surface area contributed by atoms with Gasteiger partial charge in [-0.15, -0.1) is 0 Å². The third-order valence-electron chi connectivity index (χ3n) is 4.70. The number of likely N-dealkylation sites (N-methyl/N-ethyl adjacent to an activating group) is 1. The minimum Gasteiger partial charge on any atom is -0.378 e. The first-order valence-electron chi connectivity index (χ1n) is 7.31. The Morgan fingerprint density at radius 3 is 2.52 bits per heavy atom. The van der Waals surface area contributed by atoms with Gasteiger partial charge in [-0.3, -0.25) is 9.69 Å². The highest BCUT2D eigenvalue weighted by Gasteiger charge is 2.39. The van der Waals surface area contributed by atoms with Crippen molar-refractivity contribution in [2.24, 2.45) is 5.92 Å². The molecule has 0 saturated carbocycles. The zero-order valence-corrected chi connectivity index (χ0v) is 12.0. The van der Waals surface area contributed by atoms with Gasteiger partial charge in [0, 0.05) is 24.4 Å². The van der Waals surface area contributed by atoms with Gasteiger partial charge in [0.2, 0.25) is 0 Å². The number of benzene rings is 1. The van der Waals surface area contributed by atoms with Crippen LogP contribution in [0.2, 0.25) is 0 Å². The lowest BCUT2D eigenvalue weighted by Crippen LogP contribution is -2.55. The fourth-order valence-corrected chi connectivity index (χ4v) is 3.35. The molecule has 2 bridgehead atoms. The Kier molecular flexibility index (Phi) is 4.04. The lowest BCUT2D eigenvalue weighted by atomic mass is 9.81. The summed E-state index contributed by atoms with van der Waals surface area (Å²) < 4.78 is 31.6. The van der Waals surface area contributed by atoms with Crippen LogP contribution < -0.4 is 0 Å². The Labute approximate surface area is 122 Å². The van der Waals surface area contributed by atoms with E-state index in [9.17, 15) is 13.6 Å². The fraction of sp³-hybridized carbons (Fsp3) is 0.562. The molecule has 5 heteroatoms. The van der Waals surface area contributed by atoms with Crippen molar-refractivity contribution in [3.8, 4) is 0 Å². The summed E-state index contributed by atoms with van der Waals surface area (Å²) in [6.07, 6.45) is 1.75. The number of piperidine rings is 1. The van der Waals surface area contributed by atoms with Crippen LogP contribution in [0.4, 0.5) is 8.78 Å². The molecule has 3 rings (SSSR count). The van der Waals surface area contributed by atoms with Gasteiger partial charge in [-0.2, -0.15) is 0 Å². The van der Waals surface area contributed by atoms with E-state index in [4.69, 9.17) is 4.74 Å². The molecule has 0 radical (unpaired) electrons. The summed E-state index contributed by atoms with van der Waals surface area (Å²) in [6.45, 7) is 1.34. The highest BCUT2D eigenvalue weighted by Crippen LogP contribution is 2.31. The van der Waals surface area contributed by atoms with E-state index in [0.29, 0.717) is 18.8 Å². The number of hydrogen-bond donors (Lipinski definition) is 0. The predicted octanol–water partition coefficient (Wildman–Crippen LogP) is 2.19. The van der Waals surface area contributed by atoms with Crippen molar-refractivity contribution in [3.05, 3.63) is 35.4 Å². The molecule has 0 N–H and O–H groups in total. The molecule has 0 amide bonds. The van der Waals surface area contributed by atoms with Gasteiger partial charge >= 0.3 is 0 Å². The molecule has 0 aliphatic carbocycles. The first-order chi connectivity index (χ1) is 10.0. The molecule has 2 fully saturated rings. The van der Waals surface area contributed by atoms with Crippen LogP contribution >= 0.6 is 0 Å². The zero-order valence-electron chi connectivity index (χ0n) is 12.0. The summed E-state index contributed by atoms with van der Waals surface area (Å²) in [5.74, 6) is -1.66. The van der Waals surface area contributed by atoms with E-state index >= 15 is 0 Å². The number of rotatable bonds is 3. The Balaban J connectivity index is 1.67. The van der Waals surface area contributed by atoms with Gasteiger partial charge in [0.15, 0.2) is 11.6 Å². The number of morpholine rings is 1. The standard InChI is InChI=1S/C16H19F2NO2/c1-19-12-6-11(7-13(19)9-21-8-12)16(20)5-10-2-3-14(17)15(18)4-10/h2-4,11-13H,5-9H2,1H3. The van der Waals surface area contributed by atoms with Crippen LogP contribution in [0.25, 0.3) is 0 Å². The number of fused-ring (bicyclic) bond motifs is 2. The largest absolute Gasteiger partial charge is 0.378 e. The average molecular weight is 295 g/mol. The zero-order chi connectivity index (χ0) is 15.0. The van der Waals surface area contributed by atoms with Crippen molar-refractivity contribution >= 4 is 5.78 Å². The maximum atomic E-state index is 13.2. The molecule has 0 spiro atoms. The summed E-state index contributed by atoms with van der Waals surface area (Å²) in [6, 6.07) is 4.25. The summed E-state index contributed by atoms with van der Waals surface area (Å²) in [5, 5.41) is 0. The maximum Gasteiger partial charge on any atom is 0.159 e. The lowest BCUT2D eigenvalue weighted by molar-refractivity contribution is -0.130. The Bertz CT molecular complexity index is 535. The van der Waals surface area contributed by atoms with Crippen molar-refractivity contribution in [2.45, 2.75) is 31.3 Å². The molecule has 2 aliphatic rings. The predicted molar refractivity (Wildman–Crippen MR) is 74.0 cm³/mol. The molecule has 1 aromatic rings. The summed E-state index contributed by atoms with van der Waals surface area (Å²) in [5.41, 5.74) is 0.541. The third-order valence-corrected chi connectivity index (χ3v) is 4.70. The van der Waals surface area contributed by atoms with Gasteiger partial charge in [-0.25, -0.2) is 8.78 Å². The number of carbonyl (C=O) groups excluding carboxylic acids is 1. The molecule has 2 unspecified atom stereocenters. The number of Topliss-reactive ketones (excluding diaryl/α,β-unsaturated/α-hetero) is 1. The van der Waals surface area contributed by atoms with Gasteiger partial charge in [-0.1, -0.05) is 6.07 Å². The van der Waals surface area contributed by atoms with E-state index < -0.39 is 11.6 Å². The highest BCUT2D eigenvalue weighted by atomic mass is 19.2. The van der Waals surface area contributed by atoms with Crippen LogP contribution in [-0.4, -0.2) is 43.0 Å². The third kappa shape index (κ3) is 2.99. The molecule has 21 heavy (non-hydrogen) atoms. The molecule has 1 aromatic carbocycles. The van der Waals surface area contributed by atoms with Gasteiger partial charge in [0.05, 0.1) is 13.2 Å². The van der Waals surface area contributed by atoms with Crippen molar-refractivity contribution in [1.29, 1.82) is 0 Å². The Morgan fingerprint density at radius 2 is 1.90 bits per heavy atom. The van der Waals surface area contributed by atoms with Crippen LogP contribution in [0, 0.1) is 17.6 Å². The smallest absolute Gasteiger partial charge is 0.159 e. The molecular formula is C16H19F2NO2. The second kappa shape index (κ2) is 5.81. The average Bonchev–Trinajstić information content (AvgIpc) is 2.42. The van der Waals surface area contributed by atoms with E-state index in [1.54, 1.807) is 0 Å². The molecule has 114 valence electrons. The quantitative estimate of drug-likeness (QED) is 0.856. The topological polar surface area (TPSA) is 29.5 Å². The van der Waals surface area contributed by atoms with Crippen LogP contribution in [0.3, 0.4) is 0 Å². The fourth-order valence-electron chi connectivity index (χ4n) is 3.35. The first kappa shape index (κ1) is 14.6. The number of carbonyl (C=O) groups is 1. The number of nitrogens with zero attached hydrogens (tertiary/aromatic N) is 1. The molecule has 2 atom stereocenters. The molecule has 2 aliphatic heterocycles. The van der Waals surface area contributed by atoms with E-state index in [1.807, 2.05) is 0 Å². The van der Waals surface area contributed by atoms with Crippen molar-refractivity contribution < 1.29 is 18.3 Å². The van der Waals surface area contributed by atoms with E-state index in [-0.39, 0.29) is 30.2 Å². The van der Waals surface area contributed by atoms with E-state index in [0.717, 1.165) is 25.0 Å². The summed E-state index contributed by atoms with van der Waals surface area (Å²) in [7, 11) is 2.08. The van der Waals surface area contributed by atoms with Crippen LogP contribution in [-0.2, 0) is 16.0 Å². The minimum absolute atomic E-state index is 0.00628. The second-order valence-corrected chi connectivity index (χ2v) is 6.07. The number of halogens is 2. The first-order valence-corrected chi connectivity index (χ1v) is 7.31. The van der Waals surface area contributed by atoms with E-state index in [2.05, 4.69) is 11.9 Å². The van der Waals surface area contributed by atoms with Crippen molar-refractivity contribution in [3.63, 3.8) is 0 Å². The Morgan fingerprint density at radius 1 is 1.24 bits per heavy atom. The molecule has 0 aromatic heterocycles. The summed E-state index contributed by atoms with van der Waals surface area (Å²) >= 11 is 0. The SMILES string of the molecule is CN1C2COCC1CC(C(=O)Cc1ccc(F)c(F)c1)C2. The molecule has 2 saturated heterocycles. The number of hydrogen-bond acceptors (Lipinski definition) is 3. The van der Waals surface area contributed by atoms with E-state index in [1.165, 1.54) is 6.07 Å². The van der Waals surface area contributed by atoms with Crippen LogP contribution in [0.1, 0.15) is 18.4 Å². The number of ether oxygens (including phenoxy) is 1. The van der Waals surface area contributed by atoms with Gasteiger partial charge < -0.3 is 4.74 Å². The van der Waals surface area contributed by atoms with Gasteiger partial charge in [0.25, 0.3) is 0 Å². The van der Waals surface area contributed by atoms with Crippen molar-refractivity contribution in [2.75, 3.05) is 20.3 Å². The van der Waals surface area contributed by atoms with Crippen LogP contribution in [0.15, 0.2) is 18.2 Å². The molecule has 3 nitrogen and oxygen atoms in total. The second-order valence-electron chi connectivity index (χ2n) is 6.07. The highest BCUT2D eigenvalue weighted by molar-refractivity contribution is 5.83. The van der Waals surface area contributed by atoms with Crippen LogP contribution in [0.5, 0.6) is 0 Å². The van der Waals surface area contributed by atoms with Crippen molar-refractivity contribution in [1.82, 2.24) is 4.90 Å². The molecule has 2 heterocycles.